The summed E-state index contributed by atoms with van der Waals surface area (Å²) in [6.45, 7) is 5.50. The Labute approximate surface area is 171 Å². The minimum Gasteiger partial charge on any atom is -0.464 e. The Morgan fingerprint density at radius 3 is 2.63 bits per heavy atom. The number of anilines is 1. The summed E-state index contributed by atoms with van der Waals surface area (Å²) >= 11 is 0. The van der Waals surface area contributed by atoms with E-state index in [1.807, 2.05) is 26.0 Å². The Hall–Kier alpha value is -3.81. The van der Waals surface area contributed by atoms with Gasteiger partial charge in [-0.2, -0.15) is 0 Å². The molecule has 1 atom stereocenters. The van der Waals surface area contributed by atoms with E-state index in [1.165, 1.54) is 6.92 Å². The zero-order chi connectivity index (χ0) is 21.4. The Bertz CT molecular complexity index is 1330. The summed E-state index contributed by atoms with van der Waals surface area (Å²) < 4.78 is 10.8. The van der Waals surface area contributed by atoms with Gasteiger partial charge in [0.05, 0.1) is 23.7 Å². The number of benzene rings is 2. The molecule has 30 heavy (non-hydrogen) atoms. The summed E-state index contributed by atoms with van der Waals surface area (Å²) in [6.07, 6.45) is 0.562. The highest BCUT2D eigenvalue weighted by molar-refractivity contribution is 5.97. The fourth-order valence-electron chi connectivity index (χ4n) is 3.28. The van der Waals surface area contributed by atoms with Crippen LogP contribution in [0.4, 0.5) is 5.69 Å². The average Bonchev–Trinajstić information content (AvgIpc) is 3.24. The monoisotopic (exact) mass is 407 g/mol. The molecule has 0 aliphatic rings. The standard InChI is InChI=1S/C22H21N3O5/c1-11-6-16-14(10-29-19(16)7-12(11)2)8-20(26)30-13(3)21(27)23-15-4-5-17-18(9-15)25-22(28)24-17/h4-7,9-10,13H,8H2,1-3H3,(H,23,27)(H2,24,25,28)/t13-/m1/s1. The van der Waals surface area contributed by atoms with Crippen LogP contribution in [0.25, 0.3) is 22.0 Å². The van der Waals surface area contributed by atoms with E-state index in [4.69, 9.17) is 9.15 Å². The minimum atomic E-state index is -0.986. The van der Waals surface area contributed by atoms with Gasteiger partial charge in [-0.15, -0.1) is 0 Å². The first kappa shape index (κ1) is 19.5. The molecule has 3 N–H and O–H groups in total. The van der Waals surface area contributed by atoms with Crippen LogP contribution in [0.2, 0.25) is 0 Å². The number of hydrogen-bond donors (Lipinski definition) is 3. The Morgan fingerprint density at radius 1 is 1.10 bits per heavy atom. The van der Waals surface area contributed by atoms with Crippen LogP contribution < -0.4 is 11.0 Å². The summed E-state index contributed by atoms with van der Waals surface area (Å²) in [4.78, 5) is 41.3. The van der Waals surface area contributed by atoms with Gasteiger partial charge in [0.1, 0.15) is 5.58 Å². The second-order valence-corrected chi connectivity index (χ2v) is 7.33. The maximum atomic E-state index is 12.4. The lowest BCUT2D eigenvalue weighted by molar-refractivity contribution is -0.152. The SMILES string of the molecule is Cc1cc2occ(CC(=O)O[C@H](C)C(=O)Nc3ccc4[nH]c(=O)[nH]c4c3)c2cc1C. The van der Waals surface area contributed by atoms with Crippen molar-refractivity contribution in [3.05, 3.63) is 63.8 Å². The number of aryl methyl sites for hydroxylation is 2. The van der Waals surface area contributed by atoms with Crippen molar-refractivity contribution < 1.29 is 18.7 Å². The van der Waals surface area contributed by atoms with Gasteiger partial charge in [0, 0.05) is 16.6 Å². The molecule has 0 radical (unpaired) electrons. The summed E-state index contributed by atoms with van der Waals surface area (Å²) in [6, 6.07) is 8.87. The van der Waals surface area contributed by atoms with Crippen molar-refractivity contribution in [2.24, 2.45) is 0 Å². The van der Waals surface area contributed by atoms with E-state index in [9.17, 15) is 14.4 Å². The summed E-state index contributed by atoms with van der Waals surface area (Å²) in [5, 5.41) is 3.54. The zero-order valence-corrected chi connectivity index (χ0v) is 16.8. The molecule has 1 amide bonds. The maximum Gasteiger partial charge on any atom is 0.323 e. The molecular weight excluding hydrogens is 386 g/mol. The number of ether oxygens (including phenoxy) is 1. The van der Waals surface area contributed by atoms with Crippen LogP contribution in [0.15, 0.2) is 45.8 Å². The van der Waals surface area contributed by atoms with Crippen molar-refractivity contribution in [2.45, 2.75) is 33.3 Å². The van der Waals surface area contributed by atoms with E-state index in [1.54, 1.807) is 24.5 Å². The number of rotatable bonds is 5. The number of aromatic amines is 2. The van der Waals surface area contributed by atoms with E-state index in [-0.39, 0.29) is 12.1 Å². The number of fused-ring (bicyclic) bond motifs is 2. The summed E-state index contributed by atoms with van der Waals surface area (Å²) in [5.74, 6) is -0.993. The molecule has 0 spiro atoms. The van der Waals surface area contributed by atoms with E-state index in [0.717, 1.165) is 16.5 Å². The molecular formula is C22H21N3O5. The van der Waals surface area contributed by atoms with E-state index >= 15 is 0 Å². The minimum absolute atomic E-state index is 0.00364. The second-order valence-electron chi connectivity index (χ2n) is 7.33. The van der Waals surface area contributed by atoms with Gasteiger partial charge in [-0.25, -0.2) is 4.79 Å². The number of H-pyrrole nitrogens is 2. The van der Waals surface area contributed by atoms with Crippen molar-refractivity contribution in [2.75, 3.05) is 5.32 Å². The Kier molecular flexibility index (Phi) is 4.91. The number of carbonyl (C=O) groups is 2. The van der Waals surface area contributed by atoms with Gasteiger partial charge < -0.3 is 24.4 Å². The van der Waals surface area contributed by atoms with Crippen molar-refractivity contribution in [3.8, 4) is 0 Å². The molecule has 2 aromatic heterocycles. The van der Waals surface area contributed by atoms with Gasteiger partial charge in [0.25, 0.3) is 5.91 Å². The van der Waals surface area contributed by atoms with Crippen molar-refractivity contribution in [3.63, 3.8) is 0 Å². The number of nitrogens with one attached hydrogen (secondary N) is 3. The lowest BCUT2D eigenvalue weighted by Crippen LogP contribution is -2.30. The smallest absolute Gasteiger partial charge is 0.323 e. The number of imidazole rings is 1. The lowest BCUT2D eigenvalue weighted by Gasteiger charge is -2.13. The first-order valence-corrected chi connectivity index (χ1v) is 9.50. The lowest BCUT2D eigenvalue weighted by atomic mass is 10.0. The first-order chi connectivity index (χ1) is 14.3. The van der Waals surface area contributed by atoms with Gasteiger partial charge in [-0.05, 0) is 62.2 Å². The molecule has 2 aromatic carbocycles. The maximum absolute atomic E-state index is 12.4. The van der Waals surface area contributed by atoms with Crippen LogP contribution in [0.3, 0.4) is 0 Å². The Morgan fingerprint density at radius 2 is 1.83 bits per heavy atom. The van der Waals surface area contributed by atoms with Crippen molar-refractivity contribution in [1.29, 1.82) is 0 Å². The van der Waals surface area contributed by atoms with Gasteiger partial charge in [0.15, 0.2) is 6.10 Å². The third kappa shape index (κ3) is 3.84. The normalized spacial score (nSPS) is 12.2. The molecule has 8 heteroatoms. The molecule has 0 fully saturated rings. The molecule has 0 aliphatic carbocycles. The quantitative estimate of drug-likeness (QED) is 0.439. The summed E-state index contributed by atoms with van der Waals surface area (Å²) in [7, 11) is 0. The molecule has 2 heterocycles. The molecule has 0 saturated carbocycles. The molecule has 0 bridgehead atoms. The summed E-state index contributed by atoms with van der Waals surface area (Å²) in [5.41, 5.74) is 5.00. The number of furan rings is 1. The highest BCUT2D eigenvalue weighted by atomic mass is 16.5. The number of amides is 1. The van der Waals surface area contributed by atoms with Gasteiger partial charge in [-0.1, -0.05) is 0 Å². The van der Waals surface area contributed by atoms with Crippen LogP contribution in [0.1, 0.15) is 23.6 Å². The van der Waals surface area contributed by atoms with Gasteiger partial charge in [-0.3, -0.25) is 9.59 Å². The highest BCUT2D eigenvalue weighted by Gasteiger charge is 2.20. The molecule has 0 aliphatic heterocycles. The Balaban J connectivity index is 1.40. The van der Waals surface area contributed by atoms with Crippen LogP contribution in [0, 0.1) is 13.8 Å². The predicted octanol–water partition coefficient (Wildman–Crippen LogP) is 3.33. The molecule has 8 nitrogen and oxygen atoms in total. The van der Waals surface area contributed by atoms with Gasteiger partial charge in [0.2, 0.25) is 0 Å². The molecule has 4 rings (SSSR count). The zero-order valence-electron chi connectivity index (χ0n) is 16.8. The van der Waals surface area contributed by atoms with E-state index in [2.05, 4.69) is 15.3 Å². The van der Waals surface area contributed by atoms with Gasteiger partial charge >= 0.3 is 11.7 Å². The fourth-order valence-corrected chi connectivity index (χ4v) is 3.28. The largest absolute Gasteiger partial charge is 0.464 e. The number of aromatic nitrogens is 2. The highest BCUT2D eigenvalue weighted by Crippen LogP contribution is 2.25. The van der Waals surface area contributed by atoms with Crippen LogP contribution in [-0.4, -0.2) is 27.9 Å². The van der Waals surface area contributed by atoms with E-state index in [0.29, 0.717) is 27.9 Å². The topological polar surface area (TPSA) is 117 Å². The van der Waals surface area contributed by atoms with Crippen molar-refractivity contribution in [1.82, 2.24) is 9.97 Å². The number of hydrogen-bond acceptors (Lipinski definition) is 5. The fraction of sp³-hybridized carbons (Fsp3) is 0.227. The average molecular weight is 407 g/mol. The molecule has 0 saturated heterocycles. The predicted molar refractivity (Wildman–Crippen MR) is 112 cm³/mol. The van der Waals surface area contributed by atoms with Crippen LogP contribution in [0.5, 0.6) is 0 Å². The number of esters is 1. The van der Waals surface area contributed by atoms with Crippen LogP contribution >= 0.6 is 0 Å². The molecule has 4 aromatic rings. The second kappa shape index (κ2) is 7.55. The van der Waals surface area contributed by atoms with Crippen LogP contribution in [-0.2, 0) is 20.7 Å². The molecule has 0 unspecified atom stereocenters. The van der Waals surface area contributed by atoms with Crippen molar-refractivity contribution >= 4 is 39.6 Å². The third-order valence-electron chi connectivity index (χ3n) is 5.07. The third-order valence-corrected chi connectivity index (χ3v) is 5.07. The molecule has 154 valence electrons. The van der Waals surface area contributed by atoms with E-state index < -0.39 is 18.0 Å². The first-order valence-electron chi connectivity index (χ1n) is 9.50. The number of carbonyl (C=O) groups excluding carboxylic acids is 2.